The Kier molecular flexibility index (Phi) is 5.66. The van der Waals surface area contributed by atoms with Gasteiger partial charge in [0.2, 0.25) is 5.96 Å². The molecular weight excluding hydrogens is 399 g/mol. The molecule has 0 radical (unpaired) electrons. The van der Waals surface area contributed by atoms with Crippen molar-refractivity contribution in [3.05, 3.63) is 53.1 Å². The SMILES string of the molecule is NC(N)=NC(N)=Nc1cc(Oc2c(F)cc(C(F)(F)F)cc2F)c(F)cc1F. The lowest BCUT2D eigenvalue weighted by Crippen LogP contribution is -2.26. The quantitative estimate of drug-likeness (QED) is 0.410. The molecule has 13 heteroatoms. The van der Waals surface area contributed by atoms with Gasteiger partial charge in [-0.3, -0.25) is 0 Å². The number of guanidine groups is 2. The van der Waals surface area contributed by atoms with Crippen LogP contribution in [0.1, 0.15) is 5.56 Å². The summed E-state index contributed by atoms with van der Waals surface area (Å²) in [5.41, 5.74) is 13.1. The highest BCUT2D eigenvalue weighted by Crippen LogP contribution is 2.37. The van der Waals surface area contributed by atoms with E-state index in [0.717, 1.165) is 0 Å². The van der Waals surface area contributed by atoms with Crippen LogP contribution >= 0.6 is 0 Å². The number of benzene rings is 2. The number of hydrogen-bond acceptors (Lipinski definition) is 2. The number of aliphatic imine (C=N–C) groups is 2. The lowest BCUT2D eigenvalue weighted by atomic mass is 10.2. The number of rotatable bonds is 3. The van der Waals surface area contributed by atoms with Gasteiger partial charge in [0.05, 0.1) is 5.56 Å². The third-order valence-electron chi connectivity index (χ3n) is 3.02. The molecule has 0 heterocycles. The fourth-order valence-corrected chi connectivity index (χ4v) is 1.89. The van der Waals surface area contributed by atoms with Crippen molar-refractivity contribution < 1.29 is 35.5 Å². The maximum Gasteiger partial charge on any atom is 0.416 e. The van der Waals surface area contributed by atoms with Crippen LogP contribution in [0, 0.1) is 23.3 Å². The van der Waals surface area contributed by atoms with Crippen molar-refractivity contribution in [1.29, 1.82) is 0 Å². The second-order valence-corrected chi connectivity index (χ2v) is 5.11. The van der Waals surface area contributed by atoms with Crippen molar-refractivity contribution in [2.45, 2.75) is 6.18 Å². The maximum absolute atomic E-state index is 13.9. The van der Waals surface area contributed by atoms with Crippen molar-refractivity contribution in [2.24, 2.45) is 27.2 Å². The van der Waals surface area contributed by atoms with Crippen LogP contribution in [0.4, 0.5) is 36.4 Å². The van der Waals surface area contributed by atoms with Crippen molar-refractivity contribution >= 4 is 17.6 Å². The largest absolute Gasteiger partial charge is 0.448 e. The van der Waals surface area contributed by atoms with Crippen LogP contribution in [0.3, 0.4) is 0 Å². The van der Waals surface area contributed by atoms with Gasteiger partial charge in [-0.15, -0.1) is 0 Å². The molecule has 2 rings (SSSR count). The van der Waals surface area contributed by atoms with Gasteiger partial charge in [0.1, 0.15) is 5.69 Å². The van der Waals surface area contributed by atoms with E-state index in [2.05, 4.69) is 14.7 Å². The molecule has 0 aliphatic rings. The van der Waals surface area contributed by atoms with Gasteiger partial charge in [0, 0.05) is 12.1 Å². The summed E-state index contributed by atoms with van der Waals surface area (Å²) >= 11 is 0. The Morgan fingerprint density at radius 3 is 1.89 bits per heavy atom. The lowest BCUT2D eigenvalue weighted by molar-refractivity contribution is -0.138. The van der Waals surface area contributed by atoms with E-state index >= 15 is 0 Å². The zero-order valence-corrected chi connectivity index (χ0v) is 13.5. The van der Waals surface area contributed by atoms with Gasteiger partial charge in [-0.25, -0.2) is 22.6 Å². The standard InChI is InChI=1S/C15H10F7N5O/c16-6-3-7(17)11(4-10(6)26-14(25)27-13(23)24)28-12-8(18)1-5(2-9(12)19)15(20,21)22/h1-4H,(H6,23,24,25,26,27). The molecule has 0 spiro atoms. The summed E-state index contributed by atoms with van der Waals surface area (Å²) < 4.78 is 97.6. The second-order valence-electron chi connectivity index (χ2n) is 5.11. The van der Waals surface area contributed by atoms with E-state index in [4.69, 9.17) is 17.2 Å². The summed E-state index contributed by atoms with van der Waals surface area (Å²) in [6.45, 7) is 0. The van der Waals surface area contributed by atoms with E-state index in [1.54, 1.807) is 0 Å². The molecule has 0 bridgehead atoms. The average molecular weight is 409 g/mol. The normalized spacial score (nSPS) is 12.0. The highest BCUT2D eigenvalue weighted by Gasteiger charge is 2.33. The molecule has 28 heavy (non-hydrogen) atoms. The van der Waals surface area contributed by atoms with Crippen LogP contribution in [0.2, 0.25) is 0 Å². The van der Waals surface area contributed by atoms with Crippen molar-refractivity contribution in [2.75, 3.05) is 0 Å². The van der Waals surface area contributed by atoms with Crippen LogP contribution < -0.4 is 21.9 Å². The summed E-state index contributed by atoms with van der Waals surface area (Å²) in [4.78, 5) is 6.71. The first-order valence-corrected chi connectivity index (χ1v) is 7.05. The Labute approximate surface area is 152 Å². The monoisotopic (exact) mass is 409 g/mol. The van der Waals surface area contributed by atoms with Crippen LogP contribution in [0.5, 0.6) is 11.5 Å². The van der Waals surface area contributed by atoms with Crippen LogP contribution in [-0.2, 0) is 6.18 Å². The zero-order valence-electron chi connectivity index (χ0n) is 13.5. The van der Waals surface area contributed by atoms with Gasteiger partial charge in [-0.2, -0.15) is 18.2 Å². The number of ether oxygens (including phenoxy) is 1. The number of nitrogens with two attached hydrogens (primary N) is 3. The predicted molar refractivity (Wildman–Crippen MR) is 84.9 cm³/mol. The Bertz CT molecular complexity index is 945. The fraction of sp³-hybridized carbons (Fsp3) is 0.0667. The van der Waals surface area contributed by atoms with E-state index in [1.165, 1.54) is 0 Å². The lowest BCUT2D eigenvalue weighted by Gasteiger charge is -2.12. The molecule has 0 fully saturated rings. The smallest absolute Gasteiger partial charge is 0.416 e. The van der Waals surface area contributed by atoms with Crippen LogP contribution in [-0.4, -0.2) is 11.9 Å². The first-order chi connectivity index (χ1) is 12.9. The Morgan fingerprint density at radius 1 is 0.821 bits per heavy atom. The average Bonchev–Trinajstić information content (AvgIpc) is 2.52. The minimum absolute atomic E-state index is 0.0460. The molecule has 6 nitrogen and oxygen atoms in total. The summed E-state index contributed by atoms with van der Waals surface area (Å²) in [6, 6.07) is 0.707. The first-order valence-electron chi connectivity index (χ1n) is 7.05. The first kappa shape index (κ1) is 20.8. The zero-order chi connectivity index (χ0) is 21.2. The van der Waals surface area contributed by atoms with E-state index in [9.17, 15) is 30.7 Å². The second kappa shape index (κ2) is 7.62. The van der Waals surface area contributed by atoms with Crippen LogP contribution in [0.25, 0.3) is 0 Å². The van der Waals surface area contributed by atoms with Crippen molar-refractivity contribution in [3.8, 4) is 11.5 Å². The van der Waals surface area contributed by atoms with E-state index in [1.807, 2.05) is 0 Å². The van der Waals surface area contributed by atoms with Gasteiger partial charge in [0.25, 0.3) is 0 Å². The minimum Gasteiger partial charge on any atom is -0.448 e. The predicted octanol–water partition coefficient (Wildman–Crippen LogP) is 3.27. The minimum atomic E-state index is -5.02. The molecule has 0 unspecified atom stereocenters. The number of halogens is 7. The Morgan fingerprint density at radius 2 is 1.39 bits per heavy atom. The number of hydrogen-bond donors (Lipinski definition) is 3. The summed E-state index contributed by atoms with van der Waals surface area (Å²) in [6.07, 6.45) is -5.02. The highest BCUT2D eigenvalue weighted by molar-refractivity contribution is 5.93. The van der Waals surface area contributed by atoms with Gasteiger partial charge < -0.3 is 21.9 Å². The molecule has 0 saturated carbocycles. The molecule has 150 valence electrons. The molecule has 0 aromatic heterocycles. The summed E-state index contributed by atoms with van der Waals surface area (Å²) in [5.74, 6) is -9.65. The Hall–Kier alpha value is -3.51. The molecule has 2 aromatic rings. The van der Waals surface area contributed by atoms with Gasteiger partial charge >= 0.3 is 6.18 Å². The summed E-state index contributed by atoms with van der Waals surface area (Å²) in [7, 11) is 0. The van der Waals surface area contributed by atoms with Crippen molar-refractivity contribution in [3.63, 3.8) is 0 Å². The molecule has 2 aromatic carbocycles. The van der Waals surface area contributed by atoms with Gasteiger partial charge in [0.15, 0.2) is 40.7 Å². The van der Waals surface area contributed by atoms with Gasteiger partial charge in [-0.05, 0) is 12.1 Å². The van der Waals surface area contributed by atoms with E-state index < -0.39 is 64.1 Å². The molecular formula is C15H10F7N5O. The van der Waals surface area contributed by atoms with E-state index in [-0.39, 0.29) is 18.2 Å². The third kappa shape index (κ3) is 4.81. The van der Waals surface area contributed by atoms with E-state index in [0.29, 0.717) is 6.07 Å². The molecule has 0 atom stereocenters. The van der Waals surface area contributed by atoms with Gasteiger partial charge in [-0.1, -0.05) is 0 Å². The number of alkyl halides is 3. The summed E-state index contributed by atoms with van der Waals surface area (Å²) in [5, 5.41) is 0. The highest BCUT2D eigenvalue weighted by atomic mass is 19.4. The topological polar surface area (TPSA) is 112 Å². The molecule has 0 aliphatic carbocycles. The van der Waals surface area contributed by atoms with Crippen LogP contribution in [0.15, 0.2) is 34.3 Å². The molecule has 0 saturated heterocycles. The molecule has 0 amide bonds. The molecule has 0 aliphatic heterocycles. The maximum atomic E-state index is 13.9. The Balaban J connectivity index is 2.48. The molecule has 6 N–H and O–H groups in total. The fourth-order valence-electron chi connectivity index (χ4n) is 1.89. The number of nitrogens with zero attached hydrogens (tertiary/aromatic N) is 2. The van der Waals surface area contributed by atoms with Crippen molar-refractivity contribution in [1.82, 2.24) is 0 Å². The third-order valence-corrected chi connectivity index (χ3v) is 3.02.